The fraction of sp³-hybridized carbons (Fsp3) is 0.800. The van der Waals surface area contributed by atoms with E-state index in [4.69, 9.17) is 16.3 Å². The SMILES string of the molecule is CCCCCCCCCCCCCCCCOCC(O)CN1CCN(Cc2ccc(Cl)cc2)CC1. The van der Waals surface area contributed by atoms with Crippen molar-refractivity contribution >= 4 is 11.6 Å². The lowest BCUT2D eigenvalue weighted by molar-refractivity contribution is 0.00559. The monoisotopic (exact) mass is 508 g/mol. The van der Waals surface area contributed by atoms with Crippen molar-refractivity contribution in [2.45, 2.75) is 109 Å². The van der Waals surface area contributed by atoms with Crippen molar-refractivity contribution in [1.29, 1.82) is 0 Å². The molecule has 1 saturated heterocycles. The van der Waals surface area contributed by atoms with Gasteiger partial charge in [0.05, 0.1) is 12.7 Å². The maximum Gasteiger partial charge on any atom is 0.0900 e. The van der Waals surface area contributed by atoms with E-state index in [1.807, 2.05) is 12.1 Å². The van der Waals surface area contributed by atoms with Crippen LogP contribution in [0.4, 0.5) is 0 Å². The number of unbranched alkanes of at least 4 members (excludes halogenated alkanes) is 13. The molecule has 0 aliphatic carbocycles. The first-order valence-corrected chi connectivity index (χ1v) is 15.0. The number of rotatable bonds is 21. The molecule has 1 aliphatic heterocycles. The molecule has 2 rings (SSSR count). The van der Waals surface area contributed by atoms with Gasteiger partial charge >= 0.3 is 0 Å². The fourth-order valence-corrected chi connectivity index (χ4v) is 5.07. The van der Waals surface area contributed by atoms with Gasteiger partial charge in [-0.2, -0.15) is 0 Å². The number of aliphatic hydroxyl groups excluding tert-OH is 1. The smallest absolute Gasteiger partial charge is 0.0900 e. The van der Waals surface area contributed by atoms with Crippen molar-refractivity contribution in [2.24, 2.45) is 0 Å². The predicted molar refractivity (Wildman–Crippen MR) is 150 cm³/mol. The number of nitrogens with zero attached hydrogens (tertiary/aromatic N) is 2. The van der Waals surface area contributed by atoms with E-state index >= 15 is 0 Å². The molecule has 1 N–H and O–H groups in total. The van der Waals surface area contributed by atoms with Crippen LogP contribution in [0.5, 0.6) is 0 Å². The third-order valence-corrected chi connectivity index (χ3v) is 7.46. The largest absolute Gasteiger partial charge is 0.389 e. The number of ether oxygens (including phenoxy) is 1. The lowest BCUT2D eigenvalue weighted by atomic mass is 10.0. The lowest BCUT2D eigenvalue weighted by Crippen LogP contribution is -2.48. The zero-order chi connectivity index (χ0) is 25.0. The van der Waals surface area contributed by atoms with Crippen molar-refractivity contribution in [3.8, 4) is 0 Å². The first kappa shape index (κ1) is 30.6. The topological polar surface area (TPSA) is 35.9 Å². The molecule has 4 nitrogen and oxygen atoms in total. The molecule has 0 bridgehead atoms. The van der Waals surface area contributed by atoms with E-state index < -0.39 is 0 Å². The third kappa shape index (κ3) is 15.9. The Hall–Kier alpha value is -0.650. The highest BCUT2D eigenvalue weighted by Gasteiger charge is 2.19. The van der Waals surface area contributed by atoms with Crippen LogP contribution in [0.25, 0.3) is 0 Å². The van der Waals surface area contributed by atoms with Crippen LogP contribution >= 0.6 is 11.6 Å². The first-order chi connectivity index (χ1) is 17.2. The molecule has 35 heavy (non-hydrogen) atoms. The number of piperazine rings is 1. The Morgan fingerprint density at radius 3 is 1.77 bits per heavy atom. The van der Waals surface area contributed by atoms with Gasteiger partial charge in [-0.25, -0.2) is 0 Å². The Balaban J connectivity index is 1.33. The second kappa shape index (κ2) is 20.4. The minimum absolute atomic E-state index is 0.385. The van der Waals surface area contributed by atoms with Gasteiger partial charge in [-0.1, -0.05) is 114 Å². The van der Waals surface area contributed by atoms with Crippen LogP contribution in [-0.2, 0) is 11.3 Å². The van der Waals surface area contributed by atoms with Crippen LogP contribution in [0.2, 0.25) is 5.02 Å². The summed E-state index contributed by atoms with van der Waals surface area (Å²) < 4.78 is 5.76. The van der Waals surface area contributed by atoms with Crippen molar-refractivity contribution in [1.82, 2.24) is 9.80 Å². The summed E-state index contributed by atoms with van der Waals surface area (Å²) in [5.74, 6) is 0. The van der Waals surface area contributed by atoms with Crippen LogP contribution in [0.3, 0.4) is 0 Å². The molecule has 0 aromatic heterocycles. The van der Waals surface area contributed by atoms with E-state index in [0.717, 1.165) is 50.8 Å². The number of hydrogen-bond acceptors (Lipinski definition) is 4. The zero-order valence-corrected chi connectivity index (χ0v) is 23.3. The Bertz CT molecular complexity index is 605. The summed E-state index contributed by atoms with van der Waals surface area (Å²) in [4.78, 5) is 4.83. The minimum atomic E-state index is -0.385. The lowest BCUT2D eigenvalue weighted by Gasteiger charge is -2.35. The maximum absolute atomic E-state index is 10.4. The average Bonchev–Trinajstić information content (AvgIpc) is 2.86. The first-order valence-electron chi connectivity index (χ1n) is 14.6. The van der Waals surface area contributed by atoms with Gasteiger partial charge in [-0.3, -0.25) is 9.80 Å². The van der Waals surface area contributed by atoms with Gasteiger partial charge in [-0.05, 0) is 24.1 Å². The summed E-state index contributed by atoms with van der Waals surface area (Å²) in [7, 11) is 0. The molecular formula is C30H53ClN2O2. The standard InChI is InChI=1S/C30H53ClN2O2/c1-2-3-4-5-6-7-8-9-10-11-12-13-14-15-24-35-27-30(34)26-33-22-20-32(21-23-33)25-28-16-18-29(31)19-17-28/h16-19,30,34H,2-15,20-27H2,1H3. The van der Waals surface area contributed by atoms with Gasteiger partial charge in [0, 0.05) is 50.9 Å². The molecule has 1 aromatic carbocycles. The molecule has 0 saturated carbocycles. The summed E-state index contributed by atoms with van der Waals surface area (Å²) in [6.07, 6.45) is 18.8. The number of β-amino-alcohol motifs (C(OH)–C–C–N with tert-alkyl or cyclic N) is 1. The van der Waals surface area contributed by atoms with E-state index in [-0.39, 0.29) is 6.10 Å². The molecule has 1 fully saturated rings. The van der Waals surface area contributed by atoms with Crippen molar-refractivity contribution < 1.29 is 9.84 Å². The van der Waals surface area contributed by atoms with Gasteiger partial charge < -0.3 is 9.84 Å². The van der Waals surface area contributed by atoms with Crippen molar-refractivity contribution in [3.63, 3.8) is 0 Å². The second-order valence-corrected chi connectivity index (χ2v) is 11.0. The van der Waals surface area contributed by atoms with E-state index in [2.05, 4.69) is 28.9 Å². The quantitative estimate of drug-likeness (QED) is 0.176. The third-order valence-electron chi connectivity index (χ3n) is 7.21. The zero-order valence-electron chi connectivity index (χ0n) is 22.6. The van der Waals surface area contributed by atoms with Crippen LogP contribution in [0, 0.1) is 0 Å². The van der Waals surface area contributed by atoms with Crippen molar-refractivity contribution in [3.05, 3.63) is 34.9 Å². The summed E-state index contributed by atoms with van der Waals surface area (Å²) in [5, 5.41) is 11.1. The molecule has 5 heteroatoms. The van der Waals surface area contributed by atoms with Crippen LogP contribution in [0.15, 0.2) is 24.3 Å². The van der Waals surface area contributed by atoms with E-state index in [9.17, 15) is 5.11 Å². The number of hydrogen-bond donors (Lipinski definition) is 1. The Kier molecular flexibility index (Phi) is 17.8. The van der Waals surface area contributed by atoms with Gasteiger partial charge in [-0.15, -0.1) is 0 Å². The van der Waals surface area contributed by atoms with Crippen LogP contribution in [0.1, 0.15) is 102 Å². The molecule has 0 amide bonds. The second-order valence-electron chi connectivity index (χ2n) is 10.5. The number of halogens is 1. The minimum Gasteiger partial charge on any atom is -0.389 e. The molecule has 1 atom stereocenters. The molecule has 0 radical (unpaired) electrons. The van der Waals surface area contributed by atoms with Gasteiger partial charge in [0.15, 0.2) is 0 Å². The molecule has 0 spiro atoms. The highest BCUT2D eigenvalue weighted by molar-refractivity contribution is 6.30. The molecular weight excluding hydrogens is 456 g/mol. The predicted octanol–water partition coefficient (Wildman–Crippen LogP) is 7.32. The van der Waals surface area contributed by atoms with E-state index in [0.29, 0.717) is 13.2 Å². The Morgan fingerprint density at radius 1 is 0.743 bits per heavy atom. The molecule has 202 valence electrons. The normalized spacial score (nSPS) is 16.1. The van der Waals surface area contributed by atoms with Gasteiger partial charge in [0.2, 0.25) is 0 Å². The Morgan fingerprint density at radius 2 is 1.23 bits per heavy atom. The fourth-order valence-electron chi connectivity index (χ4n) is 4.95. The average molecular weight is 509 g/mol. The van der Waals surface area contributed by atoms with Gasteiger partial charge in [0.25, 0.3) is 0 Å². The van der Waals surface area contributed by atoms with Crippen LogP contribution < -0.4 is 0 Å². The summed E-state index contributed by atoms with van der Waals surface area (Å²) in [6, 6.07) is 8.13. The summed E-state index contributed by atoms with van der Waals surface area (Å²) >= 11 is 5.98. The Labute approximate surface area is 221 Å². The highest BCUT2D eigenvalue weighted by Crippen LogP contribution is 2.14. The van der Waals surface area contributed by atoms with Gasteiger partial charge in [0.1, 0.15) is 0 Å². The van der Waals surface area contributed by atoms with Crippen molar-refractivity contribution in [2.75, 3.05) is 45.9 Å². The summed E-state index contributed by atoms with van der Waals surface area (Å²) in [5.41, 5.74) is 1.31. The molecule has 1 heterocycles. The number of aliphatic hydroxyl groups is 1. The number of benzene rings is 1. The highest BCUT2D eigenvalue weighted by atomic mass is 35.5. The molecule has 1 aliphatic rings. The maximum atomic E-state index is 10.4. The summed E-state index contributed by atoms with van der Waals surface area (Å²) in [6.45, 7) is 9.29. The molecule has 1 unspecified atom stereocenters. The molecule has 1 aromatic rings. The van der Waals surface area contributed by atoms with E-state index in [1.165, 1.54) is 89.0 Å². The van der Waals surface area contributed by atoms with E-state index in [1.54, 1.807) is 0 Å². The van der Waals surface area contributed by atoms with Crippen LogP contribution in [-0.4, -0.2) is 66.9 Å².